The second kappa shape index (κ2) is 12.1. The lowest BCUT2D eigenvalue weighted by molar-refractivity contribution is -0.131. The lowest BCUT2D eigenvalue weighted by Crippen LogP contribution is -2.46. The number of nitrogens with zero attached hydrogens (tertiary/aromatic N) is 1. The van der Waals surface area contributed by atoms with E-state index in [1.165, 1.54) is 5.56 Å². The van der Waals surface area contributed by atoms with Crippen LogP contribution in [0.15, 0.2) is 78.9 Å². The Balaban J connectivity index is 0.000000330. The summed E-state index contributed by atoms with van der Waals surface area (Å²) in [6.07, 6.45) is 1.17. The molecule has 1 N–H and O–H groups in total. The fourth-order valence-electron chi connectivity index (χ4n) is 3.29. The van der Waals surface area contributed by atoms with Crippen molar-refractivity contribution in [3.05, 3.63) is 95.0 Å². The van der Waals surface area contributed by atoms with Crippen molar-refractivity contribution < 1.29 is 9.53 Å². The summed E-state index contributed by atoms with van der Waals surface area (Å²) in [7, 11) is 0. The monoisotopic (exact) mass is 436 g/mol. The van der Waals surface area contributed by atoms with Crippen molar-refractivity contribution >= 4 is 17.5 Å². The summed E-state index contributed by atoms with van der Waals surface area (Å²) in [5.41, 5.74) is 2.36. The number of aryl methyl sites for hydroxylation is 2. The highest BCUT2D eigenvalue weighted by Crippen LogP contribution is 2.27. The summed E-state index contributed by atoms with van der Waals surface area (Å²) in [6, 6.07) is 25.4. The quantitative estimate of drug-likeness (QED) is 0.574. The zero-order valence-corrected chi connectivity index (χ0v) is 18.6. The zero-order valence-electron chi connectivity index (χ0n) is 17.9. The highest BCUT2D eigenvalue weighted by atomic mass is 35.5. The maximum Gasteiger partial charge on any atom is 0.222 e. The number of hydrogen-bond donors (Lipinski definition) is 1. The summed E-state index contributed by atoms with van der Waals surface area (Å²) < 4.78 is 5.95. The average molecular weight is 437 g/mol. The smallest absolute Gasteiger partial charge is 0.222 e. The number of nitrogens with one attached hydrogen (secondary N) is 1. The van der Waals surface area contributed by atoms with E-state index in [2.05, 4.69) is 24.4 Å². The third-order valence-corrected chi connectivity index (χ3v) is 5.28. The minimum absolute atomic E-state index is 0.206. The van der Waals surface area contributed by atoms with Crippen molar-refractivity contribution in [3.8, 4) is 11.5 Å². The molecule has 0 saturated carbocycles. The van der Waals surface area contributed by atoms with Crippen LogP contribution in [0.4, 0.5) is 0 Å². The first-order valence-corrected chi connectivity index (χ1v) is 11.0. The molecule has 1 heterocycles. The molecule has 4 rings (SSSR count). The van der Waals surface area contributed by atoms with Gasteiger partial charge in [-0.2, -0.15) is 0 Å². The first-order chi connectivity index (χ1) is 15.1. The molecular formula is C26H29ClN2O2. The normalized spacial score (nSPS) is 13.2. The highest BCUT2D eigenvalue weighted by Gasteiger charge is 2.16. The Bertz CT molecular complexity index is 939. The summed E-state index contributed by atoms with van der Waals surface area (Å²) in [6.45, 7) is 5.42. The molecule has 1 aliphatic rings. The first-order valence-electron chi connectivity index (χ1n) is 10.6. The Kier molecular flexibility index (Phi) is 8.95. The van der Waals surface area contributed by atoms with Gasteiger partial charge < -0.3 is 15.0 Å². The molecule has 3 aromatic carbocycles. The Labute approximate surface area is 189 Å². The van der Waals surface area contributed by atoms with E-state index in [1.54, 1.807) is 12.1 Å². The molecule has 0 atom stereocenters. The van der Waals surface area contributed by atoms with Crippen molar-refractivity contribution in [1.82, 2.24) is 10.2 Å². The van der Waals surface area contributed by atoms with E-state index in [1.807, 2.05) is 59.5 Å². The van der Waals surface area contributed by atoms with Gasteiger partial charge in [-0.1, -0.05) is 65.7 Å². The molecule has 0 aliphatic carbocycles. The van der Waals surface area contributed by atoms with Gasteiger partial charge in [0.1, 0.15) is 11.5 Å². The minimum Gasteiger partial charge on any atom is -0.457 e. The van der Waals surface area contributed by atoms with Gasteiger partial charge in [-0.15, -0.1) is 0 Å². The van der Waals surface area contributed by atoms with Gasteiger partial charge in [0, 0.05) is 37.6 Å². The second-order valence-corrected chi connectivity index (χ2v) is 7.89. The molecule has 0 bridgehead atoms. The molecule has 0 aromatic heterocycles. The van der Waals surface area contributed by atoms with Crippen molar-refractivity contribution in [2.45, 2.75) is 19.8 Å². The van der Waals surface area contributed by atoms with Crippen LogP contribution in [-0.4, -0.2) is 37.0 Å². The fraction of sp³-hybridized carbons (Fsp3) is 0.269. The Hall–Kier alpha value is -2.82. The first kappa shape index (κ1) is 22.9. The number of carbonyl (C=O) groups excluding carboxylic acids is 1. The molecular weight excluding hydrogens is 408 g/mol. The third kappa shape index (κ3) is 7.74. The minimum atomic E-state index is 0.206. The number of hydrogen-bond acceptors (Lipinski definition) is 3. The molecule has 1 amide bonds. The van der Waals surface area contributed by atoms with E-state index in [9.17, 15) is 4.79 Å². The molecule has 3 aromatic rings. The van der Waals surface area contributed by atoms with Gasteiger partial charge in [0.25, 0.3) is 0 Å². The van der Waals surface area contributed by atoms with E-state index >= 15 is 0 Å². The Morgan fingerprint density at radius 3 is 2.23 bits per heavy atom. The Morgan fingerprint density at radius 2 is 1.58 bits per heavy atom. The van der Waals surface area contributed by atoms with Gasteiger partial charge in [0.15, 0.2) is 0 Å². The number of para-hydroxylation sites is 1. The topological polar surface area (TPSA) is 41.6 Å². The average Bonchev–Trinajstić information content (AvgIpc) is 2.81. The van der Waals surface area contributed by atoms with Crippen molar-refractivity contribution in [2.24, 2.45) is 0 Å². The van der Waals surface area contributed by atoms with Crippen LogP contribution in [0, 0.1) is 6.92 Å². The van der Waals surface area contributed by atoms with Crippen LogP contribution >= 0.6 is 11.6 Å². The lowest BCUT2D eigenvalue weighted by atomic mass is 10.1. The van der Waals surface area contributed by atoms with E-state index in [-0.39, 0.29) is 5.91 Å². The van der Waals surface area contributed by atoms with Gasteiger partial charge in [-0.25, -0.2) is 0 Å². The number of piperazine rings is 1. The molecule has 31 heavy (non-hydrogen) atoms. The number of carbonyl (C=O) groups is 1. The summed E-state index contributed by atoms with van der Waals surface area (Å²) in [5.74, 6) is 1.73. The molecule has 0 radical (unpaired) electrons. The number of rotatable bonds is 5. The highest BCUT2D eigenvalue weighted by molar-refractivity contribution is 6.30. The summed E-state index contributed by atoms with van der Waals surface area (Å²) in [4.78, 5) is 14.3. The van der Waals surface area contributed by atoms with Gasteiger partial charge in [0.05, 0.1) is 0 Å². The molecule has 1 aliphatic heterocycles. The summed E-state index contributed by atoms with van der Waals surface area (Å²) in [5, 5.41) is 3.94. The molecule has 5 heteroatoms. The third-order valence-electron chi connectivity index (χ3n) is 5.03. The van der Waals surface area contributed by atoms with Gasteiger partial charge in [-0.3, -0.25) is 4.79 Å². The standard InChI is InChI=1S/C19H21ClN2O2.C7H8/c20-16-6-8-17(9-7-16)24-18-4-2-1-3-15(18)5-10-19(23)22-13-11-21-12-14-22;1-7-5-3-2-4-6-7/h1-4,6-9,21H,5,10-14H2;2-6H,1H3. The molecule has 162 valence electrons. The van der Waals surface area contributed by atoms with Crippen molar-refractivity contribution in [2.75, 3.05) is 26.2 Å². The maximum atomic E-state index is 12.3. The molecule has 4 nitrogen and oxygen atoms in total. The van der Waals surface area contributed by atoms with Crippen LogP contribution in [0.2, 0.25) is 5.02 Å². The van der Waals surface area contributed by atoms with Crippen LogP contribution in [0.1, 0.15) is 17.5 Å². The van der Waals surface area contributed by atoms with Crippen LogP contribution in [0.5, 0.6) is 11.5 Å². The SMILES string of the molecule is Cc1ccccc1.O=C(CCc1ccccc1Oc1ccc(Cl)cc1)N1CCNCC1. The molecule has 1 fully saturated rings. The lowest BCUT2D eigenvalue weighted by Gasteiger charge is -2.27. The van der Waals surface area contributed by atoms with E-state index in [0.29, 0.717) is 17.9 Å². The number of benzene rings is 3. The number of amides is 1. The van der Waals surface area contributed by atoms with Crippen LogP contribution in [0.25, 0.3) is 0 Å². The number of halogens is 1. The second-order valence-electron chi connectivity index (χ2n) is 7.45. The number of ether oxygens (including phenoxy) is 1. The predicted molar refractivity (Wildman–Crippen MR) is 127 cm³/mol. The van der Waals surface area contributed by atoms with Gasteiger partial charge in [-0.05, 0) is 49.2 Å². The largest absolute Gasteiger partial charge is 0.457 e. The predicted octanol–water partition coefficient (Wildman–Crippen LogP) is 5.49. The molecule has 0 spiro atoms. The van der Waals surface area contributed by atoms with Crippen LogP contribution in [0.3, 0.4) is 0 Å². The van der Waals surface area contributed by atoms with E-state index in [4.69, 9.17) is 16.3 Å². The van der Waals surface area contributed by atoms with Crippen molar-refractivity contribution in [1.29, 1.82) is 0 Å². The summed E-state index contributed by atoms with van der Waals surface area (Å²) >= 11 is 5.90. The van der Waals surface area contributed by atoms with Crippen LogP contribution < -0.4 is 10.1 Å². The fourth-order valence-corrected chi connectivity index (χ4v) is 3.41. The van der Waals surface area contributed by atoms with Gasteiger partial charge >= 0.3 is 0 Å². The van der Waals surface area contributed by atoms with E-state index < -0.39 is 0 Å². The Morgan fingerprint density at radius 1 is 0.935 bits per heavy atom. The van der Waals surface area contributed by atoms with Gasteiger partial charge in [0.2, 0.25) is 5.91 Å². The maximum absolute atomic E-state index is 12.3. The van der Waals surface area contributed by atoms with E-state index in [0.717, 1.165) is 43.2 Å². The van der Waals surface area contributed by atoms with Crippen LogP contribution in [-0.2, 0) is 11.2 Å². The zero-order chi connectivity index (χ0) is 21.9. The molecule has 1 saturated heterocycles. The molecule has 0 unspecified atom stereocenters. The van der Waals surface area contributed by atoms with Crippen molar-refractivity contribution in [3.63, 3.8) is 0 Å².